The van der Waals surface area contributed by atoms with Crippen molar-refractivity contribution in [2.45, 2.75) is 39.9 Å². The average Bonchev–Trinajstić information content (AvgIpc) is 2.26. The highest BCUT2D eigenvalue weighted by molar-refractivity contribution is 5.07. The Bertz CT molecular complexity index is 204. The average molecular weight is 182 g/mol. The predicted octanol–water partition coefficient (Wildman–Crippen LogP) is 3.21. The zero-order valence-electron chi connectivity index (χ0n) is 8.62. The van der Waals surface area contributed by atoms with Gasteiger partial charge in [-0.1, -0.05) is 13.8 Å². The summed E-state index contributed by atoms with van der Waals surface area (Å²) in [6.45, 7) is 6.33. The van der Waals surface area contributed by atoms with Gasteiger partial charge in [0.05, 0.1) is 6.26 Å². The molecule has 0 fully saturated rings. The third-order valence-electron chi connectivity index (χ3n) is 1.92. The van der Waals surface area contributed by atoms with E-state index in [0.717, 1.165) is 18.6 Å². The lowest BCUT2D eigenvalue weighted by Gasteiger charge is -2.15. The Labute approximate surface area is 80.2 Å². The maximum atomic E-state index is 5.54. The lowest BCUT2D eigenvalue weighted by Crippen LogP contribution is -2.08. The Morgan fingerprint density at radius 2 is 2.23 bits per heavy atom. The van der Waals surface area contributed by atoms with Crippen LogP contribution in [0.4, 0.5) is 0 Å². The molecule has 2 heteroatoms. The summed E-state index contributed by atoms with van der Waals surface area (Å²) in [5, 5.41) is 0. The Balaban J connectivity index is 2.39. The summed E-state index contributed by atoms with van der Waals surface area (Å²) in [6.07, 6.45) is 7.54. The Morgan fingerprint density at radius 3 is 2.92 bits per heavy atom. The quantitative estimate of drug-likeness (QED) is 0.667. The minimum Gasteiger partial charge on any atom is -0.463 e. The van der Waals surface area contributed by atoms with Crippen molar-refractivity contribution in [2.75, 3.05) is 0 Å². The first-order valence-electron chi connectivity index (χ1n) is 4.86. The zero-order valence-corrected chi connectivity index (χ0v) is 8.62. The van der Waals surface area contributed by atoms with E-state index in [-0.39, 0.29) is 6.29 Å². The number of rotatable bonds is 3. The van der Waals surface area contributed by atoms with Gasteiger partial charge in [-0.15, -0.1) is 0 Å². The van der Waals surface area contributed by atoms with Gasteiger partial charge in [0.15, 0.2) is 0 Å². The van der Waals surface area contributed by atoms with Gasteiger partial charge in [0, 0.05) is 13.3 Å². The van der Waals surface area contributed by atoms with Crippen LogP contribution in [0.5, 0.6) is 0 Å². The highest BCUT2D eigenvalue weighted by atomic mass is 16.7. The van der Waals surface area contributed by atoms with Crippen LogP contribution in [0.3, 0.4) is 0 Å². The fourth-order valence-corrected chi connectivity index (χ4v) is 1.16. The fraction of sp³-hybridized carbons (Fsp3) is 0.636. The second kappa shape index (κ2) is 4.95. The predicted molar refractivity (Wildman–Crippen MR) is 52.9 cm³/mol. The summed E-state index contributed by atoms with van der Waals surface area (Å²) in [7, 11) is 0. The molecule has 13 heavy (non-hydrogen) atoms. The summed E-state index contributed by atoms with van der Waals surface area (Å²) >= 11 is 0. The van der Waals surface area contributed by atoms with Gasteiger partial charge >= 0.3 is 0 Å². The summed E-state index contributed by atoms with van der Waals surface area (Å²) in [5.74, 6) is 1.74. The van der Waals surface area contributed by atoms with Crippen molar-refractivity contribution in [3.63, 3.8) is 0 Å². The van der Waals surface area contributed by atoms with Gasteiger partial charge in [0.25, 0.3) is 0 Å². The molecule has 0 saturated carbocycles. The van der Waals surface area contributed by atoms with Crippen molar-refractivity contribution >= 4 is 0 Å². The molecule has 1 heterocycles. The molecule has 0 spiro atoms. The molecule has 0 bridgehead atoms. The van der Waals surface area contributed by atoms with Crippen LogP contribution in [0.1, 0.15) is 33.6 Å². The molecule has 74 valence electrons. The van der Waals surface area contributed by atoms with Gasteiger partial charge in [0.1, 0.15) is 5.76 Å². The van der Waals surface area contributed by atoms with E-state index < -0.39 is 0 Å². The number of hydrogen-bond acceptors (Lipinski definition) is 2. The van der Waals surface area contributed by atoms with Crippen molar-refractivity contribution in [1.82, 2.24) is 0 Å². The van der Waals surface area contributed by atoms with Crippen molar-refractivity contribution < 1.29 is 9.47 Å². The van der Waals surface area contributed by atoms with Gasteiger partial charge in [-0.25, -0.2) is 0 Å². The minimum atomic E-state index is -0.155. The fourth-order valence-electron chi connectivity index (χ4n) is 1.16. The lowest BCUT2D eigenvalue weighted by atomic mass is 10.1. The second-order valence-corrected chi connectivity index (χ2v) is 3.72. The van der Waals surface area contributed by atoms with Crippen LogP contribution in [0.2, 0.25) is 0 Å². The molecule has 1 aliphatic heterocycles. The number of allylic oxidation sites excluding steroid dienone is 3. The first-order chi connectivity index (χ1) is 6.18. The van der Waals surface area contributed by atoms with E-state index in [0.29, 0.717) is 5.92 Å². The first-order valence-corrected chi connectivity index (χ1v) is 4.86. The van der Waals surface area contributed by atoms with E-state index in [1.807, 2.05) is 19.1 Å². The molecule has 1 unspecified atom stereocenters. The minimum absolute atomic E-state index is 0.155. The Kier molecular flexibility index (Phi) is 3.87. The van der Waals surface area contributed by atoms with Gasteiger partial charge in [-0.2, -0.15) is 0 Å². The summed E-state index contributed by atoms with van der Waals surface area (Å²) < 4.78 is 10.7. The van der Waals surface area contributed by atoms with Crippen LogP contribution in [-0.2, 0) is 9.47 Å². The molecular weight excluding hydrogens is 164 g/mol. The van der Waals surface area contributed by atoms with Gasteiger partial charge in [-0.05, 0) is 24.5 Å². The van der Waals surface area contributed by atoms with Crippen molar-refractivity contribution in [1.29, 1.82) is 0 Å². The Hall–Kier alpha value is -0.920. The topological polar surface area (TPSA) is 18.5 Å². The van der Waals surface area contributed by atoms with Crippen LogP contribution in [-0.4, -0.2) is 6.29 Å². The smallest absolute Gasteiger partial charge is 0.237 e. The van der Waals surface area contributed by atoms with E-state index in [2.05, 4.69) is 13.8 Å². The monoisotopic (exact) mass is 182 g/mol. The van der Waals surface area contributed by atoms with Crippen molar-refractivity contribution in [3.05, 3.63) is 24.2 Å². The van der Waals surface area contributed by atoms with E-state index in [4.69, 9.17) is 9.47 Å². The summed E-state index contributed by atoms with van der Waals surface area (Å²) in [5.41, 5.74) is 0. The van der Waals surface area contributed by atoms with E-state index in [1.165, 1.54) is 0 Å². The van der Waals surface area contributed by atoms with Gasteiger partial charge in [0.2, 0.25) is 6.29 Å². The van der Waals surface area contributed by atoms with E-state index >= 15 is 0 Å². The standard InChI is InChI=1S/C11H18O2/c1-9(2)6-7-11-5-4-8-12-10(3)13-11/h4-5,8-10H,6-7H2,1-3H3. The van der Waals surface area contributed by atoms with Gasteiger partial charge < -0.3 is 9.47 Å². The maximum Gasteiger partial charge on any atom is 0.237 e. The van der Waals surface area contributed by atoms with Crippen LogP contribution >= 0.6 is 0 Å². The second-order valence-electron chi connectivity index (χ2n) is 3.72. The molecular formula is C11H18O2. The number of ether oxygens (including phenoxy) is 2. The van der Waals surface area contributed by atoms with E-state index in [1.54, 1.807) is 6.26 Å². The van der Waals surface area contributed by atoms with Crippen molar-refractivity contribution in [3.8, 4) is 0 Å². The summed E-state index contributed by atoms with van der Waals surface area (Å²) in [6, 6.07) is 0. The normalized spacial score (nSPS) is 21.8. The highest BCUT2D eigenvalue weighted by Gasteiger charge is 2.07. The Morgan fingerprint density at radius 1 is 1.46 bits per heavy atom. The molecule has 0 saturated heterocycles. The SMILES string of the molecule is CC(C)CCC1=CC=COC(C)O1. The molecule has 2 nitrogen and oxygen atoms in total. The molecule has 1 atom stereocenters. The molecule has 0 N–H and O–H groups in total. The molecule has 0 aliphatic carbocycles. The first kappa shape index (κ1) is 10.2. The number of hydrogen-bond donors (Lipinski definition) is 0. The van der Waals surface area contributed by atoms with Crippen LogP contribution in [0.15, 0.2) is 24.2 Å². The molecule has 0 radical (unpaired) electrons. The molecule has 0 aromatic rings. The molecule has 1 rings (SSSR count). The van der Waals surface area contributed by atoms with Crippen molar-refractivity contribution in [2.24, 2.45) is 5.92 Å². The van der Waals surface area contributed by atoms with Crippen LogP contribution < -0.4 is 0 Å². The highest BCUT2D eigenvalue weighted by Crippen LogP contribution is 2.17. The molecule has 0 amide bonds. The lowest BCUT2D eigenvalue weighted by molar-refractivity contribution is -0.0596. The third-order valence-corrected chi connectivity index (χ3v) is 1.92. The third kappa shape index (κ3) is 4.02. The molecule has 1 aliphatic rings. The maximum absolute atomic E-state index is 5.54. The van der Waals surface area contributed by atoms with Crippen LogP contribution in [0.25, 0.3) is 0 Å². The molecule has 0 aromatic heterocycles. The van der Waals surface area contributed by atoms with Crippen LogP contribution in [0, 0.1) is 5.92 Å². The largest absolute Gasteiger partial charge is 0.463 e. The zero-order chi connectivity index (χ0) is 9.68. The van der Waals surface area contributed by atoms with E-state index in [9.17, 15) is 0 Å². The van der Waals surface area contributed by atoms with Gasteiger partial charge in [-0.3, -0.25) is 0 Å². The molecule has 0 aromatic carbocycles. The summed E-state index contributed by atoms with van der Waals surface area (Å²) in [4.78, 5) is 0.